The van der Waals surface area contributed by atoms with Crippen molar-refractivity contribution in [1.29, 1.82) is 0 Å². The van der Waals surface area contributed by atoms with Gasteiger partial charge in [0.1, 0.15) is 5.78 Å². The summed E-state index contributed by atoms with van der Waals surface area (Å²) >= 11 is 0. The van der Waals surface area contributed by atoms with Crippen molar-refractivity contribution < 1.29 is 30.0 Å². The molecule has 0 unspecified atom stereocenters. The highest BCUT2D eigenvalue weighted by Gasteiger charge is 2.78. The van der Waals surface area contributed by atoms with Crippen LogP contribution in [0.15, 0.2) is 12.2 Å². The Morgan fingerprint density at radius 2 is 1.77 bits per heavy atom. The van der Waals surface area contributed by atoms with Crippen molar-refractivity contribution in [3.05, 3.63) is 12.2 Å². The molecule has 1 spiro atoms. The van der Waals surface area contributed by atoms with Crippen LogP contribution >= 0.6 is 0 Å². The third kappa shape index (κ3) is 1.68. The Balaban J connectivity index is 2.00. The summed E-state index contributed by atoms with van der Waals surface area (Å²) in [4.78, 5) is 26.4. The average Bonchev–Trinajstić information content (AvgIpc) is 2.70. The molecule has 4 N–H and O–H groups in total. The van der Waals surface area contributed by atoms with Crippen LogP contribution in [0, 0.1) is 34.0 Å². The molecule has 0 radical (unpaired) electrons. The van der Waals surface area contributed by atoms with E-state index >= 15 is 0 Å². The first kappa shape index (κ1) is 18.3. The Bertz CT molecular complexity index is 698. The number of Topliss-reactive ketones (excluding diaryl/α,β-unsaturated/α-hetero) is 2. The molecule has 0 aromatic heterocycles. The van der Waals surface area contributed by atoms with Crippen molar-refractivity contribution in [2.75, 3.05) is 6.61 Å². The Hall–Kier alpha value is -1.08. The molecule has 0 aromatic rings. The van der Waals surface area contributed by atoms with Crippen LogP contribution in [-0.4, -0.2) is 56.9 Å². The Morgan fingerprint density at radius 3 is 2.38 bits per heavy atom. The Morgan fingerprint density at radius 1 is 1.12 bits per heavy atom. The smallest absolute Gasteiger partial charge is 0.170 e. The lowest BCUT2D eigenvalue weighted by atomic mass is 9.38. The number of carbonyl (C=O) groups excluding carboxylic acids is 2. The molecule has 2 bridgehead atoms. The molecule has 8 atom stereocenters. The van der Waals surface area contributed by atoms with E-state index in [0.29, 0.717) is 19.3 Å². The fourth-order valence-electron chi connectivity index (χ4n) is 7.22. The van der Waals surface area contributed by atoms with Gasteiger partial charge in [-0.1, -0.05) is 20.4 Å². The molecule has 26 heavy (non-hydrogen) atoms. The molecule has 4 fully saturated rings. The first-order valence-electron chi connectivity index (χ1n) is 9.50. The molecule has 0 amide bonds. The summed E-state index contributed by atoms with van der Waals surface area (Å²) in [6.07, 6.45) is -2.30. The van der Waals surface area contributed by atoms with Crippen LogP contribution in [0.25, 0.3) is 0 Å². The SMILES string of the molecule is C=C1C(=O)[C@]23[C@H](O)[C@H]1CC[C@H]2[C@]1(CO)C(=O)CCC(C)(C)[C@H]1[C@H](O)[C@@H]3O. The van der Waals surface area contributed by atoms with E-state index in [-0.39, 0.29) is 17.8 Å². The van der Waals surface area contributed by atoms with E-state index in [0.717, 1.165) is 0 Å². The quantitative estimate of drug-likeness (QED) is 0.495. The Kier molecular flexibility index (Phi) is 3.69. The van der Waals surface area contributed by atoms with Crippen molar-refractivity contribution in [1.82, 2.24) is 0 Å². The van der Waals surface area contributed by atoms with Gasteiger partial charge >= 0.3 is 0 Å². The molecule has 4 saturated carbocycles. The second kappa shape index (κ2) is 5.25. The number of ketones is 2. The first-order chi connectivity index (χ1) is 12.1. The molecule has 0 aromatic carbocycles. The maximum absolute atomic E-state index is 13.2. The second-order valence-corrected chi connectivity index (χ2v) is 9.49. The zero-order chi connectivity index (χ0) is 19.2. The average molecular weight is 364 g/mol. The summed E-state index contributed by atoms with van der Waals surface area (Å²) in [5.41, 5.74) is -3.20. The van der Waals surface area contributed by atoms with Crippen LogP contribution < -0.4 is 0 Å². The molecule has 0 saturated heterocycles. The number of rotatable bonds is 1. The van der Waals surface area contributed by atoms with Gasteiger partial charge < -0.3 is 20.4 Å². The van der Waals surface area contributed by atoms with Gasteiger partial charge in [0.25, 0.3) is 0 Å². The van der Waals surface area contributed by atoms with E-state index in [1.807, 2.05) is 13.8 Å². The van der Waals surface area contributed by atoms with Crippen LogP contribution in [0.4, 0.5) is 0 Å². The standard InChI is InChI=1S/C20H28O6/c1-9-10-4-5-11-19(8-21)12(22)6-7-18(2,3)14(19)13(23)17(26)20(11,15(9)24)16(10)25/h10-11,13-14,16-17,21,23,25-26H,1,4-8H2,2-3H3/t10-,11-,13-,14+,16+,17-,19+,20-/m0/s1. The van der Waals surface area contributed by atoms with Crippen molar-refractivity contribution >= 4 is 11.6 Å². The Labute approximate surface area is 152 Å². The molecule has 4 rings (SSSR count). The van der Waals surface area contributed by atoms with Gasteiger partial charge in [-0.2, -0.15) is 0 Å². The molecule has 4 aliphatic rings. The van der Waals surface area contributed by atoms with E-state index in [4.69, 9.17) is 0 Å². The topological polar surface area (TPSA) is 115 Å². The lowest BCUT2D eigenvalue weighted by molar-refractivity contribution is -0.267. The highest BCUT2D eigenvalue weighted by atomic mass is 16.3. The molecule has 0 heterocycles. The van der Waals surface area contributed by atoms with Crippen molar-refractivity contribution in [2.24, 2.45) is 34.0 Å². The predicted octanol–water partition coefficient (Wildman–Crippen LogP) is 0.218. The minimum atomic E-state index is -1.65. The third-order valence-corrected chi connectivity index (χ3v) is 8.30. The number of hydrogen-bond acceptors (Lipinski definition) is 6. The van der Waals surface area contributed by atoms with E-state index < -0.39 is 64.7 Å². The van der Waals surface area contributed by atoms with Crippen LogP contribution in [-0.2, 0) is 9.59 Å². The van der Waals surface area contributed by atoms with Gasteiger partial charge in [0.15, 0.2) is 5.78 Å². The summed E-state index contributed by atoms with van der Waals surface area (Å²) < 4.78 is 0. The summed E-state index contributed by atoms with van der Waals surface area (Å²) in [5, 5.41) is 43.7. The zero-order valence-corrected chi connectivity index (χ0v) is 15.3. The predicted molar refractivity (Wildman–Crippen MR) is 91.8 cm³/mol. The minimum absolute atomic E-state index is 0.171. The van der Waals surface area contributed by atoms with E-state index in [1.165, 1.54) is 0 Å². The summed E-state index contributed by atoms with van der Waals surface area (Å²) in [7, 11) is 0. The van der Waals surface area contributed by atoms with Crippen LogP contribution in [0.3, 0.4) is 0 Å². The third-order valence-electron chi connectivity index (χ3n) is 8.30. The molecular weight excluding hydrogens is 336 g/mol. The lowest BCUT2D eigenvalue weighted by Crippen LogP contribution is -2.75. The molecule has 6 nitrogen and oxygen atoms in total. The highest BCUT2D eigenvalue weighted by Crippen LogP contribution is 2.70. The van der Waals surface area contributed by atoms with E-state index in [1.54, 1.807) is 0 Å². The monoisotopic (exact) mass is 364 g/mol. The van der Waals surface area contributed by atoms with Gasteiger partial charge in [-0.3, -0.25) is 9.59 Å². The van der Waals surface area contributed by atoms with Gasteiger partial charge in [0.2, 0.25) is 0 Å². The normalized spacial score (nSPS) is 52.6. The van der Waals surface area contributed by atoms with Crippen molar-refractivity contribution in [3.8, 4) is 0 Å². The number of carbonyl (C=O) groups is 2. The van der Waals surface area contributed by atoms with Gasteiger partial charge in [-0.05, 0) is 36.2 Å². The molecule has 144 valence electrons. The summed E-state index contributed by atoms with van der Waals surface area (Å²) in [5.74, 6) is -2.45. The molecule has 6 heteroatoms. The van der Waals surface area contributed by atoms with Gasteiger partial charge in [0.05, 0.1) is 35.7 Å². The van der Waals surface area contributed by atoms with Crippen LogP contribution in [0.2, 0.25) is 0 Å². The van der Waals surface area contributed by atoms with Crippen LogP contribution in [0.5, 0.6) is 0 Å². The van der Waals surface area contributed by atoms with Crippen molar-refractivity contribution in [3.63, 3.8) is 0 Å². The number of aliphatic hydroxyl groups excluding tert-OH is 4. The van der Waals surface area contributed by atoms with E-state index in [9.17, 15) is 30.0 Å². The first-order valence-corrected chi connectivity index (χ1v) is 9.50. The molecular formula is C20H28O6. The maximum Gasteiger partial charge on any atom is 0.170 e. The number of aliphatic hydroxyl groups is 4. The summed E-state index contributed by atoms with van der Waals surface area (Å²) in [6.45, 7) is 7.19. The maximum atomic E-state index is 13.2. The van der Waals surface area contributed by atoms with Gasteiger partial charge in [-0.25, -0.2) is 0 Å². The largest absolute Gasteiger partial charge is 0.395 e. The van der Waals surface area contributed by atoms with Crippen LogP contribution in [0.1, 0.15) is 39.5 Å². The molecule has 0 aliphatic heterocycles. The van der Waals surface area contributed by atoms with Crippen molar-refractivity contribution in [2.45, 2.75) is 57.8 Å². The fourth-order valence-corrected chi connectivity index (χ4v) is 7.22. The number of fused-ring (bicyclic) bond motifs is 3. The zero-order valence-electron chi connectivity index (χ0n) is 15.3. The van der Waals surface area contributed by atoms with Gasteiger partial charge in [-0.15, -0.1) is 0 Å². The van der Waals surface area contributed by atoms with Gasteiger partial charge in [0, 0.05) is 18.3 Å². The van der Waals surface area contributed by atoms with E-state index in [2.05, 4.69) is 6.58 Å². The number of hydrogen-bond donors (Lipinski definition) is 4. The lowest BCUT2D eigenvalue weighted by Gasteiger charge is -2.65. The summed E-state index contributed by atoms with van der Waals surface area (Å²) in [6, 6.07) is 0. The molecule has 4 aliphatic carbocycles. The second-order valence-electron chi connectivity index (χ2n) is 9.49. The minimum Gasteiger partial charge on any atom is -0.395 e. The highest BCUT2D eigenvalue weighted by molar-refractivity contribution is 6.05. The fraction of sp³-hybridized carbons (Fsp3) is 0.800.